The quantitative estimate of drug-likeness (QED) is 0.906. The van der Waals surface area contributed by atoms with Crippen LogP contribution < -0.4 is 10.6 Å². The van der Waals surface area contributed by atoms with Crippen LogP contribution >= 0.6 is 12.4 Å². The summed E-state index contributed by atoms with van der Waals surface area (Å²) in [6.07, 6.45) is 2.56. The molecule has 2 aromatic rings. The number of carbonyl (C=O) groups excluding carboxylic acids is 1. The van der Waals surface area contributed by atoms with Crippen molar-refractivity contribution in [3.63, 3.8) is 0 Å². The van der Waals surface area contributed by atoms with Crippen LogP contribution in [0.1, 0.15) is 6.42 Å². The predicted octanol–water partition coefficient (Wildman–Crippen LogP) is 2.22. The van der Waals surface area contributed by atoms with E-state index < -0.39 is 5.41 Å². The number of ether oxygens (including phenoxy) is 1. The van der Waals surface area contributed by atoms with Gasteiger partial charge in [0.15, 0.2) is 0 Å². The van der Waals surface area contributed by atoms with Crippen molar-refractivity contribution in [2.75, 3.05) is 32.1 Å². The van der Waals surface area contributed by atoms with Gasteiger partial charge in [-0.1, -0.05) is 6.07 Å². The Hall–Kier alpha value is -1.69. The molecule has 3 rings (SSSR count). The minimum absolute atomic E-state index is 0. The molecular formula is C16H20ClN3O2. The van der Waals surface area contributed by atoms with E-state index in [-0.39, 0.29) is 18.3 Å². The van der Waals surface area contributed by atoms with Gasteiger partial charge in [0, 0.05) is 30.9 Å². The van der Waals surface area contributed by atoms with E-state index in [4.69, 9.17) is 4.74 Å². The Morgan fingerprint density at radius 2 is 2.32 bits per heavy atom. The van der Waals surface area contributed by atoms with Crippen LogP contribution in [0.3, 0.4) is 0 Å². The summed E-state index contributed by atoms with van der Waals surface area (Å²) in [5, 5.41) is 7.27. The summed E-state index contributed by atoms with van der Waals surface area (Å²) in [7, 11) is 1.63. The number of pyridine rings is 1. The Morgan fingerprint density at radius 1 is 1.45 bits per heavy atom. The molecule has 0 spiro atoms. The van der Waals surface area contributed by atoms with E-state index in [2.05, 4.69) is 15.6 Å². The minimum Gasteiger partial charge on any atom is -0.384 e. The predicted molar refractivity (Wildman–Crippen MR) is 89.4 cm³/mol. The molecule has 1 aliphatic heterocycles. The number of anilines is 1. The molecule has 6 heteroatoms. The maximum Gasteiger partial charge on any atom is 0.234 e. The van der Waals surface area contributed by atoms with Crippen LogP contribution in [-0.2, 0) is 9.53 Å². The highest BCUT2D eigenvalue weighted by molar-refractivity contribution is 5.97. The monoisotopic (exact) mass is 321 g/mol. The SMILES string of the molecule is COCC1(C(=O)Nc2ccc3ncccc3c2)CCNC1.Cl. The summed E-state index contributed by atoms with van der Waals surface area (Å²) in [6, 6.07) is 9.63. The van der Waals surface area contributed by atoms with E-state index in [9.17, 15) is 4.79 Å². The van der Waals surface area contributed by atoms with Gasteiger partial charge in [0.1, 0.15) is 0 Å². The average Bonchev–Trinajstić information content (AvgIpc) is 2.97. The highest BCUT2D eigenvalue weighted by atomic mass is 35.5. The minimum atomic E-state index is -0.474. The van der Waals surface area contributed by atoms with Crippen LogP contribution in [0.5, 0.6) is 0 Å². The lowest BCUT2D eigenvalue weighted by atomic mass is 9.87. The van der Waals surface area contributed by atoms with Gasteiger partial charge < -0.3 is 15.4 Å². The summed E-state index contributed by atoms with van der Waals surface area (Å²) >= 11 is 0. The van der Waals surface area contributed by atoms with Crippen molar-refractivity contribution >= 4 is 34.9 Å². The van der Waals surface area contributed by atoms with E-state index in [0.717, 1.165) is 29.6 Å². The maximum atomic E-state index is 12.6. The number of nitrogens with zero attached hydrogens (tertiary/aromatic N) is 1. The summed E-state index contributed by atoms with van der Waals surface area (Å²) in [5.41, 5.74) is 1.24. The third-order valence-electron chi connectivity index (χ3n) is 4.01. The Kier molecular flexibility index (Phi) is 5.34. The van der Waals surface area contributed by atoms with Crippen LogP contribution in [0.2, 0.25) is 0 Å². The van der Waals surface area contributed by atoms with E-state index in [1.54, 1.807) is 13.3 Å². The van der Waals surface area contributed by atoms with Gasteiger partial charge in [0.05, 0.1) is 17.5 Å². The molecule has 2 N–H and O–H groups in total. The summed E-state index contributed by atoms with van der Waals surface area (Å²) in [4.78, 5) is 16.9. The number of amides is 1. The molecule has 1 saturated heterocycles. The van der Waals surface area contributed by atoms with E-state index in [0.29, 0.717) is 13.2 Å². The standard InChI is InChI=1S/C16H19N3O2.ClH/c1-21-11-16(6-8-17-10-16)15(20)19-13-4-5-14-12(9-13)3-2-7-18-14;/h2-5,7,9,17H,6,8,10-11H2,1H3,(H,19,20);1H. The molecule has 1 amide bonds. The van der Waals surface area contributed by atoms with Crippen LogP contribution in [0.25, 0.3) is 10.9 Å². The molecule has 22 heavy (non-hydrogen) atoms. The van der Waals surface area contributed by atoms with Crippen molar-refractivity contribution in [1.29, 1.82) is 0 Å². The van der Waals surface area contributed by atoms with Crippen LogP contribution in [-0.4, -0.2) is 37.7 Å². The largest absolute Gasteiger partial charge is 0.384 e. The summed E-state index contributed by atoms with van der Waals surface area (Å²) in [6.45, 7) is 1.93. The number of carbonyl (C=O) groups is 1. The highest BCUT2D eigenvalue weighted by Gasteiger charge is 2.41. The first kappa shape index (κ1) is 16.7. The first-order valence-corrected chi connectivity index (χ1v) is 7.09. The second kappa shape index (κ2) is 7.05. The molecule has 1 fully saturated rings. The van der Waals surface area contributed by atoms with E-state index in [1.165, 1.54) is 0 Å². The lowest BCUT2D eigenvalue weighted by Crippen LogP contribution is -2.41. The Balaban J connectivity index is 0.00000176. The molecule has 1 aromatic heterocycles. The summed E-state index contributed by atoms with van der Waals surface area (Å²) in [5.74, 6) is 0.0117. The topological polar surface area (TPSA) is 63.2 Å². The number of methoxy groups -OCH3 is 1. The third kappa shape index (κ3) is 3.21. The Labute approximate surface area is 135 Å². The zero-order chi connectivity index (χ0) is 14.7. The van der Waals surface area contributed by atoms with Gasteiger partial charge >= 0.3 is 0 Å². The third-order valence-corrected chi connectivity index (χ3v) is 4.01. The Morgan fingerprint density at radius 3 is 3.05 bits per heavy atom. The number of hydrogen-bond donors (Lipinski definition) is 2. The molecule has 1 aromatic carbocycles. The smallest absolute Gasteiger partial charge is 0.234 e. The van der Waals surface area contributed by atoms with E-state index in [1.807, 2.05) is 30.3 Å². The fourth-order valence-electron chi connectivity index (χ4n) is 2.82. The van der Waals surface area contributed by atoms with Crippen LogP contribution in [0.15, 0.2) is 36.5 Å². The van der Waals surface area contributed by atoms with Gasteiger partial charge in [-0.3, -0.25) is 9.78 Å². The fraction of sp³-hybridized carbons (Fsp3) is 0.375. The van der Waals surface area contributed by atoms with Crippen molar-refractivity contribution in [1.82, 2.24) is 10.3 Å². The Bertz CT molecular complexity index is 657. The number of halogens is 1. The molecule has 0 saturated carbocycles. The second-order valence-corrected chi connectivity index (χ2v) is 5.51. The summed E-state index contributed by atoms with van der Waals surface area (Å²) < 4.78 is 5.25. The first-order chi connectivity index (χ1) is 10.2. The fourth-order valence-corrected chi connectivity index (χ4v) is 2.82. The highest BCUT2D eigenvalue weighted by Crippen LogP contribution is 2.28. The molecule has 0 radical (unpaired) electrons. The maximum absolute atomic E-state index is 12.6. The zero-order valence-corrected chi connectivity index (χ0v) is 13.3. The van der Waals surface area contributed by atoms with Crippen LogP contribution in [0, 0.1) is 5.41 Å². The van der Waals surface area contributed by atoms with Crippen molar-refractivity contribution < 1.29 is 9.53 Å². The van der Waals surface area contributed by atoms with Crippen LogP contribution in [0.4, 0.5) is 5.69 Å². The first-order valence-electron chi connectivity index (χ1n) is 7.09. The van der Waals surface area contributed by atoms with Gasteiger partial charge in [-0.25, -0.2) is 0 Å². The van der Waals surface area contributed by atoms with Crippen molar-refractivity contribution in [2.24, 2.45) is 5.41 Å². The van der Waals surface area contributed by atoms with Gasteiger partial charge in [0.2, 0.25) is 5.91 Å². The molecule has 5 nitrogen and oxygen atoms in total. The second-order valence-electron chi connectivity index (χ2n) is 5.51. The number of benzene rings is 1. The van der Waals surface area contributed by atoms with Gasteiger partial charge in [0.25, 0.3) is 0 Å². The molecule has 1 aliphatic rings. The number of hydrogen-bond acceptors (Lipinski definition) is 4. The number of rotatable bonds is 4. The molecule has 1 atom stereocenters. The van der Waals surface area contributed by atoms with Gasteiger partial charge in [-0.05, 0) is 37.2 Å². The molecule has 0 aliphatic carbocycles. The molecular weight excluding hydrogens is 302 g/mol. The molecule has 118 valence electrons. The molecule has 1 unspecified atom stereocenters. The van der Waals surface area contributed by atoms with Gasteiger partial charge in [-0.15, -0.1) is 12.4 Å². The van der Waals surface area contributed by atoms with Crippen molar-refractivity contribution in [3.8, 4) is 0 Å². The number of nitrogens with one attached hydrogen (secondary N) is 2. The lowest BCUT2D eigenvalue weighted by Gasteiger charge is -2.26. The lowest BCUT2D eigenvalue weighted by molar-refractivity contribution is -0.127. The number of aromatic nitrogens is 1. The van der Waals surface area contributed by atoms with E-state index >= 15 is 0 Å². The molecule has 2 heterocycles. The normalized spacial score (nSPS) is 20.6. The number of fused-ring (bicyclic) bond motifs is 1. The molecule has 0 bridgehead atoms. The van der Waals surface area contributed by atoms with Crippen molar-refractivity contribution in [2.45, 2.75) is 6.42 Å². The van der Waals surface area contributed by atoms with Crippen molar-refractivity contribution in [3.05, 3.63) is 36.5 Å². The zero-order valence-electron chi connectivity index (χ0n) is 12.5. The van der Waals surface area contributed by atoms with Gasteiger partial charge in [-0.2, -0.15) is 0 Å². The average molecular weight is 322 g/mol.